The van der Waals surface area contributed by atoms with Crippen molar-refractivity contribution in [3.8, 4) is 0 Å². The molecule has 61 heavy (non-hydrogen) atoms. The zero-order valence-corrected chi connectivity index (χ0v) is 40.2. The van der Waals surface area contributed by atoms with E-state index in [9.17, 15) is 25.9 Å². The largest absolute Gasteiger partial charge is 2.00 e. The molecular weight excluding hydrogens is 833 g/mol. The van der Waals surface area contributed by atoms with Crippen LogP contribution in [0.15, 0.2) is 107 Å². The third-order valence-corrected chi connectivity index (χ3v) is 13.2. The molecule has 2 atom stereocenters. The Balaban J connectivity index is 0.000000264. The van der Waals surface area contributed by atoms with Crippen LogP contribution in [-0.2, 0) is 33.3 Å². The van der Waals surface area contributed by atoms with Crippen LogP contribution in [0.25, 0.3) is 0 Å². The van der Waals surface area contributed by atoms with E-state index in [1.54, 1.807) is 12.1 Å². The number of fused-ring (bicyclic) bond motifs is 2. The Bertz CT molecular complexity index is 1960. The summed E-state index contributed by atoms with van der Waals surface area (Å²) in [7, 11) is -8.95. The number of unbranched alkanes of at least 4 members (excludes halogenated alkanes) is 14. The number of benzene rings is 4. The van der Waals surface area contributed by atoms with E-state index in [1.807, 2.05) is 36.4 Å². The van der Waals surface area contributed by atoms with Crippen LogP contribution in [0.5, 0.6) is 0 Å². The van der Waals surface area contributed by atoms with E-state index in [2.05, 4.69) is 58.5 Å². The molecular formula is C48H66CaN4O6S2. The minimum atomic E-state index is -4.48. The Morgan fingerprint density at radius 2 is 0.803 bits per heavy atom. The van der Waals surface area contributed by atoms with E-state index < -0.39 is 20.2 Å². The Morgan fingerprint density at radius 3 is 1.13 bits per heavy atom. The van der Waals surface area contributed by atoms with Gasteiger partial charge in [0.1, 0.15) is 20.2 Å². The average molecular weight is 899 g/mol. The molecule has 6 rings (SSSR count). The number of hydrogen-bond donors (Lipinski definition) is 2. The van der Waals surface area contributed by atoms with E-state index >= 15 is 0 Å². The third kappa shape index (κ3) is 16.3. The molecule has 0 fully saturated rings. The van der Waals surface area contributed by atoms with Crippen molar-refractivity contribution in [1.29, 1.82) is 0 Å². The van der Waals surface area contributed by atoms with E-state index in [0.29, 0.717) is 13.1 Å². The molecule has 0 aliphatic carbocycles. The third-order valence-electron chi connectivity index (χ3n) is 11.6. The van der Waals surface area contributed by atoms with Gasteiger partial charge in [-0.3, -0.25) is 0 Å². The number of nitrogens with zero attached hydrogens (tertiary/aromatic N) is 2. The van der Waals surface area contributed by atoms with Gasteiger partial charge in [-0.05, 0) is 73.2 Å². The molecule has 2 aliphatic rings. The number of hydrogen-bond acceptors (Lipinski definition) is 10. The predicted molar refractivity (Wildman–Crippen MR) is 249 cm³/mol. The van der Waals surface area contributed by atoms with Crippen LogP contribution >= 0.6 is 0 Å². The van der Waals surface area contributed by atoms with E-state index in [4.69, 9.17) is 0 Å². The van der Waals surface area contributed by atoms with Crippen LogP contribution < -0.4 is 20.4 Å². The fourth-order valence-corrected chi connectivity index (χ4v) is 9.24. The van der Waals surface area contributed by atoms with Crippen molar-refractivity contribution in [2.24, 2.45) is 0 Å². The van der Waals surface area contributed by atoms with Gasteiger partial charge in [0.2, 0.25) is 0 Å². The number of anilines is 4. The van der Waals surface area contributed by atoms with Crippen molar-refractivity contribution in [1.82, 2.24) is 0 Å². The first-order valence-corrected chi connectivity index (χ1v) is 25.1. The molecule has 13 heteroatoms. The van der Waals surface area contributed by atoms with Crippen LogP contribution in [0.2, 0.25) is 0 Å². The van der Waals surface area contributed by atoms with Gasteiger partial charge in [0.25, 0.3) is 0 Å². The van der Waals surface area contributed by atoms with Gasteiger partial charge in [0.15, 0.2) is 0 Å². The normalized spacial score (nSPS) is 15.5. The molecule has 328 valence electrons. The minimum Gasteiger partial charge on any atom is -0.744 e. The summed E-state index contributed by atoms with van der Waals surface area (Å²) in [6, 6.07) is 29.5. The van der Waals surface area contributed by atoms with Crippen LogP contribution in [0.4, 0.5) is 22.7 Å². The maximum atomic E-state index is 11.5. The van der Waals surface area contributed by atoms with E-state index in [0.717, 1.165) is 59.6 Å². The Kier molecular flexibility index (Phi) is 21.7. The van der Waals surface area contributed by atoms with Crippen molar-refractivity contribution < 1.29 is 25.9 Å². The molecule has 0 saturated carbocycles. The van der Waals surface area contributed by atoms with E-state index in [1.165, 1.54) is 114 Å². The van der Waals surface area contributed by atoms with Crippen molar-refractivity contribution in [3.05, 3.63) is 108 Å². The second kappa shape index (κ2) is 26.1. The van der Waals surface area contributed by atoms with Gasteiger partial charge in [0.05, 0.1) is 44.9 Å². The van der Waals surface area contributed by atoms with Gasteiger partial charge in [-0.1, -0.05) is 164 Å². The summed E-state index contributed by atoms with van der Waals surface area (Å²) in [5.74, 6) is 0. The summed E-state index contributed by atoms with van der Waals surface area (Å²) in [6.07, 6.45) is 22.5. The Morgan fingerprint density at radius 1 is 0.475 bits per heavy atom. The summed E-state index contributed by atoms with van der Waals surface area (Å²) in [5.41, 5.74) is 5.68. The molecule has 4 aromatic rings. The van der Waals surface area contributed by atoms with Crippen LogP contribution in [-0.4, -0.2) is 76.0 Å². The predicted octanol–water partition coefficient (Wildman–Crippen LogP) is 11.4. The molecule has 0 amide bonds. The Hall–Kier alpha value is -2.84. The average Bonchev–Trinajstić information content (AvgIpc) is 3.76. The molecule has 10 nitrogen and oxygen atoms in total. The van der Waals surface area contributed by atoms with Gasteiger partial charge >= 0.3 is 37.7 Å². The molecule has 0 radical (unpaired) electrons. The topological polar surface area (TPSA) is 145 Å². The van der Waals surface area contributed by atoms with Gasteiger partial charge in [-0.15, -0.1) is 0 Å². The van der Waals surface area contributed by atoms with Gasteiger partial charge < -0.3 is 29.5 Å². The fourth-order valence-electron chi connectivity index (χ4n) is 8.25. The first kappa shape index (κ1) is 50.8. The zero-order chi connectivity index (χ0) is 42.8. The van der Waals surface area contributed by atoms with Crippen molar-refractivity contribution in [2.45, 2.75) is 165 Å². The Labute approximate surface area is 396 Å². The van der Waals surface area contributed by atoms with Gasteiger partial charge in [-0.2, -0.15) is 0 Å². The molecule has 0 spiro atoms. The second-order valence-corrected chi connectivity index (χ2v) is 19.1. The van der Waals surface area contributed by atoms with E-state index in [-0.39, 0.29) is 59.9 Å². The van der Waals surface area contributed by atoms with Crippen LogP contribution in [0.3, 0.4) is 0 Å². The molecule has 0 saturated heterocycles. The maximum Gasteiger partial charge on any atom is 2.00 e. The summed E-state index contributed by atoms with van der Waals surface area (Å²) in [4.78, 5) is 4.05. The monoisotopic (exact) mass is 898 g/mol. The summed E-state index contributed by atoms with van der Waals surface area (Å²) < 4.78 is 69.1. The van der Waals surface area contributed by atoms with Gasteiger partial charge in [0, 0.05) is 13.1 Å². The smallest absolute Gasteiger partial charge is 0.744 e. The standard InChI is InChI=1S/2C24H34N2O3S.Ca/c2*1-2-3-4-5-6-7-8-12-15-24-25-22-17-16-21(30(27,28)29)18-23(22)26(24)19-20-13-10-9-11-14-20;/h2*9-11,13-14,16-18,24-25H,2-8,12,15,19H2,1H3,(H,27,28,29);/q;;+2/p-2. The molecule has 2 unspecified atom stereocenters. The van der Waals surface area contributed by atoms with Crippen LogP contribution in [0.1, 0.15) is 141 Å². The summed E-state index contributed by atoms with van der Waals surface area (Å²) in [6.45, 7) is 5.82. The fraction of sp³-hybridized carbons (Fsp3) is 0.500. The molecule has 0 bridgehead atoms. The first-order chi connectivity index (χ1) is 29.0. The SMILES string of the molecule is CCCCCCCCCCC1Nc2ccc(S(=O)(=O)[O-])cc2N1Cc1ccccc1.CCCCCCCCCCC1Nc2ccc(S(=O)(=O)[O-])cc2N1Cc1ccccc1.[Ca+2]. The first-order valence-electron chi connectivity index (χ1n) is 22.3. The quantitative estimate of drug-likeness (QED) is 0.0396. The van der Waals surface area contributed by atoms with Crippen molar-refractivity contribution in [2.75, 3.05) is 20.4 Å². The zero-order valence-electron chi connectivity index (χ0n) is 36.4. The summed E-state index contributed by atoms with van der Waals surface area (Å²) >= 11 is 0. The molecule has 2 heterocycles. The van der Waals surface area contributed by atoms with Crippen LogP contribution in [0, 0.1) is 0 Å². The maximum absolute atomic E-state index is 11.5. The van der Waals surface area contributed by atoms with Crippen molar-refractivity contribution in [3.63, 3.8) is 0 Å². The minimum absolute atomic E-state index is 0. The summed E-state index contributed by atoms with van der Waals surface area (Å²) in [5, 5.41) is 7.06. The molecule has 0 aromatic heterocycles. The number of nitrogens with one attached hydrogen (secondary N) is 2. The van der Waals surface area contributed by atoms with Gasteiger partial charge in [-0.25, -0.2) is 16.8 Å². The molecule has 2 aliphatic heterocycles. The number of rotatable bonds is 24. The molecule has 2 N–H and O–H groups in total. The molecule has 4 aromatic carbocycles. The van der Waals surface area contributed by atoms with Crippen molar-refractivity contribution >= 4 is 80.7 Å². The second-order valence-electron chi connectivity index (χ2n) is 16.3.